The van der Waals surface area contributed by atoms with Crippen molar-refractivity contribution < 1.29 is 14.6 Å². The van der Waals surface area contributed by atoms with Crippen molar-refractivity contribution in [3.63, 3.8) is 0 Å². The molecule has 1 amide bonds. The lowest BCUT2D eigenvalue weighted by Crippen LogP contribution is -2.47. The molecule has 1 saturated heterocycles. The minimum Gasteiger partial charge on any atom is -0.394 e. The molecule has 1 fully saturated rings. The van der Waals surface area contributed by atoms with Gasteiger partial charge < -0.3 is 19.3 Å². The molecule has 104 valence electrons. The van der Waals surface area contributed by atoms with E-state index in [1.54, 1.807) is 23.2 Å². The van der Waals surface area contributed by atoms with Gasteiger partial charge >= 0.3 is 0 Å². The van der Waals surface area contributed by atoms with Crippen LogP contribution < -0.4 is 5.56 Å². The Kier molecular flexibility index (Phi) is 4.70. The van der Waals surface area contributed by atoms with Crippen molar-refractivity contribution in [2.45, 2.75) is 19.1 Å². The van der Waals surface area contributed by atoms with Crippen LogP contribution in [0.3, 0.4) is 0 Å². The second-order valence-corrected chi connectivity index (χ2v) is 4.50. The van der Waals surface area contributed by atoms with Crippen molar-refractivity contribution in [2.24, 2.45) is 0 Å². The molecule has 0 radical (unpaired) electrons. The average molecular weight is 266 g/mol. The van der Waals surface area contributed by atoms with Crippen molar-refractivity contribution in [3.05, 3.63) is 34.7 Å². The highest BCUT2D eigenvalue weighted by Crippen LogP contribution is 2.06. The van der Waals surface area contributed by atoms with Crippen LogP contribution in [-0.2, 0) is 16.1 Å². The minimum absolute atomic E-state index is 0.0162. The molecule has 1 atom stereocenters. The molecule has 0 aromatic carbocycles. The number of aromatic nitrogens is 1. The lowest BCUT2D eigenvalue weighted by molar-refractivity contribution is -0.140. The Bertz CT molecular complexity index is 486. The van der Waals surface area contributed by atoms with Crippen LogP contribution in [0, 0.1) is 0 Å². The van der Waals surface area contributed by atoms with Crippen LogP contribution in [0.5, 0.6) is 0 Å². The number of aliphatic hydroxyl groups excluding tert-OH is 1. The molecule has 6 nitrogen and oxygen atoms in total. The summed E-state index contributed by atoms with van der Waals surface area (Å²) in [5.74, 6) is -0.0162. The standard InChI is InChI=1S/C13H18N2O4/c16-10-11-9-15(7-8-19-11)13(18)4-6-14-5-2-1-3-12(14)17/h1-3,5,11,16H,4,6-10H2. The summed E-state index contributed by atoms with van der Waals surface area (Å²) in [6.45, 7) is 1.70. The zero-order chi connectivity index (χ0) is 13.7. The molecule has 0 aliphatic carbocycles. The van der Waals surface area contributed by atoms with Gasteiger partial charge in [-0.25, -0.2) is 0 Å². The number of carbonyl (C=O) groups is 1. The van der Waals surface area contributed by atoms with Crippen LogP contribution in [0.4, 0.5) is 0 Å². The maximum absolute atomic E-state index is 12.0. The number of pyridine rings is 1. The number of aryl methyl sites for hydroxylation is 1. The van der Waals surface area contributed by atoms with Crippen LogP contribution in [0.2, 0.25) is 0 Å². The van der Waals surface area contributed by atoms with Crippen molar-refractivity contribution in [1.82, 2.24) is 9.47 Å². The number of hydrogen-bond acceptors (Lipinski definition) is 4. The summed E-state index contributed by atoms with van der Waals surface area (Å²) >= 11 is 0. The minimum atomic E-state index is -0.294. The fraction of sp³-hybridized carbons (Fsp3) is 0.538. The zero-order valence-electron chi connectivity index (χ0n) is 10.7. The molecule has 1 unspecified atom stereocenters. The normalized spacial score (nSPS) is 19.4. The van der Waals surface area contributed by atoms with Crippen molar-refractivity contribution >= 4 is 5.91 Å². The van der Waals surface area contributed by atoms with Gasteiger partial charge in [0.25, 0.3) is 5.56 Å². The first-order valence-corrected chi connectivity index (χ1v) is 6.36. The molecule has 1 aromatic heterocycles. The maximum Gasteiger partial charge on any atom is 0.250 e. The smallest absolute Gasteiger partial charge is 0.250 e. The number of aliphatic hydroxyl groups is 1. The van der Waals surface area contributed by atoms with Crippen LogP contribution in [0.25, 0.3) is 0 Å². The predicted molar refractivity (Wildman–Crippen MR) is 68.7 cm³/mol. The Labute approximate surface area is 111 Å². The van der Waals surface area contributed by atoms with Crippen molar-refractivity contribution in [2.75, 3.05) is 26.3 Å². The second kappa shape index (κ2) is 6.49. The Morgan fingerprint density at radius 3 is 3.05 bits per heavy atom. The molecule has 2 rings (SSSR count). The molecule has 1 aromatic rings. The van der Waals surface area contributed by atoms with E-state index in [1.165, 1.54) is 10.6 Å². The first-order valence-electron chi connectivity index (χ1n) is 6.36. The molecule has 1 aliphatic rings. The third-order valence-corrected chi connectivity index (χ3v) is 3.16. The monoisotopic (exact) mass is 266 g/mol. The van der Waals surface area contributed by atoms with Gasteiger partial charge in [-0.1, -0.05) is 6.07 Å². The number of ether oxygens (including phenoxy) is 1. The number of morpholine rings is 1. The topological polar surface area (TPSA) is 71.8 Å². The number of hydrogen-bond donors (Lipinski definition) is 1. The van der Waals surface area contributed by atoms with Crippen LogP contribution in [0.15, 0.2) is 29.2 Å². The molecule has 1 N–H and O–H groups in total. The van der Waals surface area contributed by atoms with E-state index in [4.69, 9.17) is 9.84 Å². The van der Waals surface area contributed by atoms with E-state index in [2.05, 4.69) is 0 Å². The van der Waals surface area contributed by atoms with Gasteiger partial charge in [0.1, 0.15) is 0 Å². The summed E-state index contributed by atoms with van der Waals surface area (Å²) in [6, 6.07) is 4.91. The summed E-state index contributed by atoms with van der Waals surface area (Å²) in [6.07, 6.45) is 1.66. The van der Waals surface area contributed by atoms with Gasteiger partial charge in [-0.15, -0.1) is 0 Å². The second-order valence-electron chi connectivity index (χ2n) is 4.50. The van der Waals surface area contributed by atoms with E-state index in [-0.39, 0.29) is 30.6 Å². The molecule has 0 bridgehead atoms. The average Bonchev–Trinajstić information content (AvgIpc) is 2.46. The van der Waals surface area contributed by atoms with Crippen molar-refractivity contribution in [1.29, 1.82) is 0 Å². The predicted octanol–water partition coefficient (Wildman–Crippen LogP) is -0.542. The molecule has 2 heterocycles. The summed E-state index contributed by atoms with van der Waals surface area (Å²) in [5, 5.41) is 9.03. The maximum atomic E-state index is 12.0. The van der Waals surface area contributed by atoms with E-state index in [1.807, 2.05) is 0 Å². The van der Waals surface area contributed by atoms with Gasteiger partial charge in [-0.2, -0.15) is 0 Å². The zero-order valence-corrected chi connectivity index (χ0v) is 10.7. The van der Waals surface area contributed by atoms with Gasteiger partial charge in [0.2, 0.25) is 5.91 Å². The Hall–Kier alpha value is -1.66. The Morgan fingerprint density at radius 1 is 1.47 bits per heavy atom. The van der Waals surface area contributed by atoms with Crippen LogP contribution in [-0.4, -0.2) is 52.9 Å². The van der Waals surface area contributed by atoms with Crippen molar-refractivity contribution in [3.8, 4) is 0 Å². The highest BCUT2D eigenvalue weighted by Gasteiger charge is 2.23. The quantitative estimate of drug-likeness (QED) is 0.794. The van der Waals surface area contributed by atoms with Gasteiger partial charge in [-0.3, -0.25) is 9.59 Å². The van der Waals surface area contributed by atoms with E-state index in [0.29, 0.717) is 26.2 Å². The fourth-order valence-corrected chi connectivity index (χ4v) is 2.08. The first kappa shape index (κ1) is 13.8. The van der Waals surface area contributed by atoms with E-state index in [0.717, 1.165) is 0 Å². The molecular weight excluding hydrogens is 248 g/mol. The Morgan fingerprint density at radius 2 is 2.32 bits per heavy atom. The highest BCUT2D eigenvalue weighted by atomic mass is 16.5. The van der Waals surface area contributed by atoms with Gasteiger partial charge in [-0.05, 0) is 6.07 Å². The molecule has 19 heavy (non-hydrogen) atoms. The SMILES string of the molecule is O=C(CCn1ccccc1=O)N1CCOC(CO)C1. The van der Waals surface area contributed by atoms with Gasteiger partial charge in [0.05, 0.1) is 19.3 Å². The summed E-state index contributed by atoms with van der Waals surface area (Å²) in [4.78, 5) is 25.2. The number of rotatable bonds is 4. The third-order valence-electron chi connectivity index (χ3n) is 3.16. The summed E-state index contributed by atoms with van der Waals surface area (Å²) < 4.78 is 6.81. The molecule has 0 saturated carbocycles. The number of amides is 1. The molecular formula is C13H18N2O4. The lowest BCUT2D eigenvalue weighted by atomic mass is 10.2. The Balaban J connectivity index is 1.87. The number of nitrogens with zero attached hydrogens (tertiary/aromatic N) is 2. The largest absolute Gasteiger partial charge is 0.394 e. The van der Waals surface area contributed by atoms with E-state index >= 15 is 0 Å². The highest BCUT2D eigenvalue weighted by molar-refractivity contribution is 5.76. The number of carbonyl (C=O) groups excluding carboxylic acids is 1. The van der Waals surface area contributed by atoms with E-state index < -0.39 is 0 Å². The lowest BCUT2D eigenvalue weighted by Gasteiger charge is -2.32. The van der Waals surface area contributed by atoms with Crippen LogP contribution >= 0.6 is 0 Å². The molecule has 1 aliphatic heterocycles. The van der Waals surface area contributed by atoms with Gasteiger partial charge in [0.15, 0.2) is 0 Å². The summed E-state index contributed by atoms with van der Waals surface area (Å²) in [7, 11) is 0. The summed E-state index contributed by atoms with van der Waals surface area (Å²) in [5.41, 5.74) is -0.106. The van der Waals surface area contributed by atoms with Crippen LogP contribution in [0.1, 0.15) is 6.42 Å². The molecule has 0 spiro atoms. The molecule has 6 heteroatoms. The third kappa shape index (κ3) is 3.65. The van der Waals surface area contributed by atoms with E-state index in [9.17, 15) is 9.59 Å². The fourth-order valence-electron chi connectivity index (χ4n) is 2.08. The van der Waals surface area contributed by atoms with Gasteiger partial charge in [0, 0.05) is 38.3 Å². The first-order chi connectivity index (χ1) is 9.20.